The number of carbonyl (C=O) groups is 1. The molecule has 21 heavy (non-hydrogen) atoms. The molecule has 2 rings (SSSR count). The Balaban J connectivity index is 1.92. The van der Waals surface area contributed by atoms with Crippen LogP contribution in [-0.4, -0.2) is 54.6 Å². The number of rotatable bonds is 5. The van der Waals surface area contributed by atoms with Crippen molar-refractivity contribution in [2.45, 2.75) is 33.2 Å². The molecule has 1 aromatic heterocycles. The maximum atomic E-state index is 11.9. The van der Waals surface area contributed by atoms with Gasteiger partial charge in [-0.3, -0.25) is 9.69 Å². The fourth-order valence-corrected chi connectivity index (χ4v) is 2.57. The first kappa shape index (κ1) is 15.8. The minimum Gasteiger partial charge on any atom is -0.354 e. The van der Waals surface area contributed by atoms with E-state index in [9.17, 15) is 4.79 Å². The molecule has 1 saturated heterocycles. The van der Waals surface area contributed by atoms with E-state index in [1.165, 1.54) is 13.0 Å². The Morgan fingerprint density at radius 1 is 1.29 bits per heavy atom. The number of pyridine rings is 1. The van der Waals surface area contributed by atoms with Gasteiger partial charge in [-0.15, -0.1) is 0 Å². The third kappa shape index (κ3) is 4.43. The van der Waals surface area contributed by atoms with Crippen LogP contribution in [0.15, 0.2) is 18.3 Å². The Hall–Kier alpha value is -1.62. The van der Waals surface area contributed by atoms with Crippen molar-refractivity contribution < 1.29 is 4.79 Å². The zero-order valence-electron chi connectivity index (χ0n) is 13.3. The summed E-state index contributed by atoms with van der Waals surface area (Å²) in [4.78, 5) is 21.1. The molecule has 0 saturated carbocycles. The van der Waals surface area contributed by atoms with E-state index in [0.717, 1.165) is 32.0 Å². The van der Waals surface area contributed by atoms with Crippen LogP contribution in [0.5, 0.6) is 0 Å². The van der Waals surface area contributed by atoms with E-state index in [2.05, 4.69) is 27.0 Å². The quantitative estimate of drug-likeness (QED) is 0.897. The molecule has 1 fully saturated rings. The fraction of sp³-hybridized carbons (Fsp3) is 0.625. The molecule has 1 aromatic rings. The number of hydrogen-bond donors (Lipinski definition) is 1. The van der Waals surface area contributed by atoms with Gasteiger partial charge in [0.15, 0.2) is 0 Å². The second-order valence-electron chi connectivity index (χ2n) is 5.86. The van der Waals surface area contributed by atoms with Crippen LogP contribution in [0.25, 0.3) is 0 Å². The van der Waals surface area contributed by atoms with Crippen LogP contribution in [0.4, 0.5) is 5.82 Å². The lowest BCUT2D eigenvalue weighted by Crippen LogP contribution is -2.46. The molecule has 0 aliphatic carbocycles. The average Bonchev–Trinajstić information content (AvgIpc) is 2.48. The van der Waals surface area contributed by atoms with Gasteiger partial charge in [0, 0.05) is 38.4 Å². The summed E-state index contributed by atoms with van der Waals surface area (Å²) in [5.74, 6) is 0.907. The molecule has 0 spiro atoms. The fourth-order valence-electron chi connectivity index (χ4n) is 2.57. The van der Waals surface area contributed by atoms with Gasteiger partial charge in [-0.1, -0.05) is 6.92 Å². The molecule has 1 amide bonds. The smallest absolute Gasteiger partial charge is 0.253 e. The van der Waals surface area contributed by atoms with E-state index in [0.29, 0.717) is 5.56 Å². The lowest BCUT2D eigenvalue weighted by atomic mass is 10.2. The number of anilines is 1. The van der Waals surface area contributed by atoms with Crippen molar-refractivity contribution in [3.05, 3.63) is 23.9 Å². The molecule has 1 aliphatic rings. The van der Waals surface area contributed by atoms with Crippen LogP contribution in [0, 0.1) is 0 Å². The molecule has 0 atom stereocenters. The highest BCUT2D eigenvalue weighted by atomic mass is 16.1. The SMILES string of the molecule is CCCN1CCN(c2ccc(C(=O)NC(C)C)cn2)CC1. The van der Waals surface area contributed by atoms with Gasteiger partial charge in [0.1, 0.15) is 5.82 Å². The maximum absolute atomic E-state index is 11.9. The maximum Gasteiger partial charge on any atom is 0.253 e. The normalized spacial score (nSPS) is 16.3. The standard InChI is InChI=1S/C16H26N4O/c1-4-7-19-8-10-20(11-9-19)15-6-5-14(12-17-15)16(21)18-13(2)3/h5-6,12-13H,4,7-11H2,1-3H3,(H,18,21). The minimum atomic E-state index is -0.0585. The number of nitrogens with zero attached hydrogens (tertiary/aromatic N) is 3. The third-order valence-corrected chi connectivity index (χ3v) is 3.67. The van der Waals surface area contributed by atoms with Gasteiger partial charge >= 0.3 is 0 Å². The van der Waals surface area contributed by atoms with Crippen LogP contribution >= 0.6 is 0 Å². The van der Waals surface area contributed by atoms with Crippen LogP contribution < -0.4 is 10.2 Å². The second-order valence-corrected chi connectivity index (χ2v) is 5.86. The summed E-state index contributed by atoms with van der Waals surface area (Å²) >= 11 is 0. The van der Waals surface area contributed by atoms with Crippen molar-refractivity contribution in [2.75, 3.05) is 37.6 Å². The number of hydrogen-bond acceptors (Lipinski definition) is 4. The first-order chi connectivity index (χ1) is 10.1. The zero-order chi connectivity index (χ0) is 15.2. The van der Waals surface area contributed by atoms with E-state index in [4.69, 9.17) is 0 Å². The molecule has 0 aromatic carbocycles. The number of piperazine rings is 1. The molecule has 0 radical (unpaired) electrons. The summed E-state index contributed by atoms with van der Waals surface area (Å²) in [7, 11) is 0. The van der Waals surface area contributed by atoms with Crippen LogP contribution in [0.1, 0.15) is 37.6 Å². The van der Waals surface area contributed by atoms with Crippen molar-refractivity contribution in [3.8, 4) is 0 Å². The summed E-state index contributed by atoms with van der Waals surface area (Å²) in [6, 6.07) is 3.95. The molecule has 0 unspecified atom stereocenters. The number of aromatic nitrogens is 1. The largest absolute Gasteiger partial charge is 0.354 e. The molecule has 116 valence electrons. The highest BCUT2D eigenvalue weighted by Crippen LogP contribution is 2.14. The van der Waals surface area contributed by atoms with E-state index >= 15 is 0 Å². The van der Waals surface area contributed by atoms with Crippen LogP contribution in [0.2, 0.25) is 0 Å². The van der Waals surface area contributed by atoms with Crippen LogP contribution in [-0.2, 0) is 0 Å². The van der Waals surface area contributed by atoms with Crippen molar-refractivity contribution in [2.24, 2.45) is 0 Å². The summed E-state index contributed by atoms with van der Waals surface area (Å²) in [5.41, 5.74) is 0.622. The molecular formula is C16H26N4O. The van der Waals surface area contributed by atoms with E-state index in [1.807, 2.05) is 26.0 Å². The molecule has 2 heterocycles. The first-order valence-corrected chi connectivity index (χ1v) is 7.84. The lowest BCUT2D eigenvalue weighted by Gasteiger charge is -2.35. The van der Waals surface area contributed by atoms with E-state index in [1.54, 1.807) is 6.20 Å². The summed E-state index contributed by atoms with van der Waals surface area (Å²) in [6.07, 6.45) is 2.88. The van der Waals surface area contributed by atoms with Crippen molar-refractivity contribution in [1.29, 1.82) is 0 Å². The van der Waals surface area contributed by atoms with E-state index < -0.39 is 0 Å². The Labute approximate surface area is 127 Å². The highest BCUT2D eigenvalue weighted by Gasteiger charge is 2.17. The molecule has 5 heteroatoms. The molecule has 1 N–H and O–H groups in total. The molecule has 5 nitrogen and oxygen atoms in total. The van der Waals surface area contributed by atoms with Crippen molar-refractivity contribution in [3.63, 3.8) is 0 Å². The van der Waals surface area contributed by atoms with Gasteiger partial charge in [-0.25, -0.2) is 4.98 Å². The predicted molar refractivity (Wildman–Crippen MR) is 85.8 cm³/mol. The Kier molecular flexibility index (Phi) is 5.56. The van der Waals surface area contributed by atoms with Crippen molar-refractivity contribution in [1.82, 2.24) is 15.2 Å². The second kappa shape index (κ2) is 7.41. The van der Waals surface area contributed by atoms with Crippen LogP contribution in [0.3, 0.4) is 0 Å². The van der Waals surface area contributed by atoms with Gasteiger partial charge in [-0.2, -0.15) is 0 Å². The number of carbonyl (C=O) groups excluding carboxylic acids is 1. The number of nitrogens with one attached hydrogen (secondary N) is 1. The average molecular weight is 290 g/mol. The Morgan fingerprint density at radius 2 is 2.00 bits per heavy atom. The van der Waals surface area contributed by atoms with Gasteiger partial charge in [0.25, 0.3) is 5.91 Å². The van der Waals surface area contributed by atoms with Gasteiger partial charge in [0.05, 0.1) is 5.56 Å². The summed E-state index contributed by atoms with van der Waals surface area (Å²) < 4.78 is 0. The van der Waals surface area contributed by atoms with Gasteiger partial charge in [0.2, 0.25) is 0 Å². The molecule has 0 bridgehead atoms. The Morgan fingerprint density at radius 3 is 2.52 bits per heavy atom. The predicted octanol–water partition coefficient (Wildman–Crippen LogP) is 1.75. The monoisotopic (exact) mass is 290 g/mol. The topological polar surface area (TPSA) is 48.5 Å². The highest BCUT2D eigenvalue weighted by molar-refractivity contribution is 5.94. The van der Waals surface area contributed by atoms with Gasteiger partial charge in [-0.05, 0) is 38.9 Å². The summed E-state index contributed by atoms with van der Waals surface area (Å²) in [5, 5.41) is 2.88. The third-order valence-electron chi connectivity index (χ3n) is 3.67. The molecular weight excluding hydrogens is 264 g/mol. The molecule has 1 aliphatic heterocycles. The van der Waals surface area contributed by atoms with Crippen molar-refractivity contribution >= 4 is 11.7 Å². The summed E-state index contributed by atoms with van der Waals surface area (Å²) in [6.45, 7) is 11.5. The Bertz CT molecular complexity index is 450. The van der Waals surface area contributed by atoms with Gasteiger partial charge < -0.3 is 10.2 Å². The number of amides is 1. The lowest BCUT2D eigenvalue weighted by molar-refractivity contribution is 0.0943. The van der Waals surface area contributed by atoms with E-state index in [-0.39, 0.29) is 11.9 Å². The minimum absolute atomic E-state index is 0.0585. The zero-order valence-corrected chi connectivity index (χ0v) is 13.3. The first-order valence-electron chi connectivity index (χ1n) is 7.84.